The largest absolute Gasteiger partial charge is 0.0616 e. The lowest BCUT2D eigenvalue weighted by molar-refractivity contribution is 0.661. The van der Waals surface area contributed by atoms with Crippen LogP contribution in [0.1, 0.15) is 25.0 Å². The predicted molar refractivity (Wildman–Crippen MR) is 245 cm³/mol. The highest BCUT2D eigenvalue weighted by Crippen LogP contribution is 2.52. The van der Waals surface area contributed by atoms with Crippen LogP contribution in [0.2, 0.25) is 0 Å². The summed E-state index contributed by atoms with van der Waals surface area (Å²) in [6.45, 7) is 4.79. The van der Waals surface area contributed by atoms with Crippen LogP contribution in [-0.2, 0) is 5.41 Å². The quantitative estimate of drug-likeness (QED) is 0.126. The molecule has 0 N–H and O–H groups in total. The fraction of sp³-hybridized carbons (Fsp3) is 0.0526. The molecular formula is C57H38. The Morgan fingerprint density at radius 1 is 0.263 bits per heavy atom. The second-order valence-electron chi connectivity index (χ2n) is 16.4. The van der Waals surface area contributed by atoms with E-state index in [1.54, 1.807) is 0 Å². The summed E-state index contributed by atoms with van der Waals surface area (Å²) in [5, 5.41) is 15.5. The molecule has 0 spiro atoms. The predicted octanol–water partition coefficient (Wildman–Crippen LogP) is 15.9. The molecule has 0 aliphatic heterocycles. The first-order valence-corrected chi connectivity index (χ1v) is 20.1. The maximum absolute atomic E-state index is 2.50. The molecule has 0 nitrogen and oxygen atoms in total. The molecule has 1 aliphatic rings. The Hall–Kier alpha value is -7.02. The molecule has 57 heavy (non-hydrogen) atoms. The van der Waals surface area contributed by atoms with Gasteiger partial charge >= 0.3 is 0 Å². The molecule has 0 heteroatoms. The summed E-state index contributed by atoms with van der Waals surface area (Å²) in [6.07, 6.45) is 0. The average molecular weight is 723 g/mol. The fourth-order valence-corrected chi connectivity index (χ4v) is 10.3. The Bertz CT molecular complexity index is 3430. The second kappa shape index (κ2) is 12.0. The summed E-state index contributed by atoms with van der Waals surface area (Å²) in [5.41, 5.74) is 12.9. The zero-order chi connectivity index (χ0) is 37.8. The Morgan fingerprint density at radius 3 is 1.32 bits per heavy atom. The Morgan fingerprint density at radius 2 is 0.702 bits per heavy atom. The van der Waals surface area contributed by atoms with Crippen LogP contribution >= 0.6 is 0 Å². The molecular weight excluding hydrogens is 685 g/mol. The summed E-state index contributed by atoms with van der Waals surface area (Å²) in [6, 6.07) is 72.7. The minimum Gasteiger partial charge on any atom is -0.0616 e. The van der Waals surface area contributed by atoms with Crippen molar-refractivity contribution in [3.8, 4) is 44.5 Å². The van der Waals surface area contributed by atoms with E-state index >= 15 is 0 Å². The number of benzene rings is 11. The van der Waals surface area contributed by atoms with Crippen molar-refractivity contribution in [2.24, 2.45) is 0 Å². The highest BCUT2D eigenvalue weighted by atomic mass is 14.4. The Balaban J connectivity index is 1.04. The molecule has 0 amide bonds. The minimum absolute atomic E-state index is 0.114. The lowest BCUT2D eigenvalue weighted by Gasteiger charge is -2.22. The maximum Gasteiger partial charge on any atom is 0.0159 e. The Labute approximate surface area is 332 Å². The summed E-state index contributed by atoms with van der Waals surface area (Å²) in [7, 11) is 0. The SMILES string of the molecule is CC1(C)c2ccc(-c3cccc(-c4c5ccccc5c(-c5ccc6ccccc6c5)c5ccccc45)c3)cc2-c2cc3c4ccccc4c4ccccc4c3cc21. The van der Waals surface area contributed by atoms with E-state index in [1.807, 2.05) is 0 Å². The smallest absolute Gasteiger partial charge is 0.0159 e. The highest BCUT2D eigenvalue weighted by Gasteiger charge is 2.36. The van der Waals surface area contributed by atoms with E-state index in [0.717, 1.165) is 0 Å². The lowest BCUT2D eigenvalue weighted by Crippen LogP contribution is -2.14. The third-order valence-electron chi connectivity index (χ3n) is 13.0. The van der Waals surface area contributed by atoms with Crippen molar-refractivity contribution in [3.05, 3.63) is 205 Å². The summed E-state index contributed by atoms with van der Waals surface area (Å²) in [4.78, 5) is 0. The molecule has 0 saturated heterocycles. The lowest BCUT2D eigenvalue weighted by atomic mass is 9.81. The Kier molecular flexibility index (Phi) is 6.78. The van der Waals surface area contributed by atoms with Gasteiger partial charge in [-0.15, -0.1) is 0 Å². The third kappa shape index (κ3) is 4.68. The molecule has 0 unspecified atom stereocenters. The number of hydrogen-bond acceptors (Lipinski definition) is 0. The number of fused-ring (bicyclic) bond motifs is 12. The van der Waals surface area contributed by atoms with Crippen molar-refractivity contribution in [2.45, 2.75) is 19.3 Å². The van der Waals surface area contributed by atoms with E-state index in [9.17, 15) is 0 Å². The first-order chi connectivity index (χ1) is 28.0. The van der Waals surface area contributed by atoms with Crippen molar-refractivity contribution in [1.82, 2.24) is 0 Å². The van der Waals surface area contributed by atoms with Gasteiger partial charge in [-0.3, -0.25) is 0 Å². The van der Waals surface area contributed by atoms with Gasteiger partial charge in [-0.2, -0.15) is 0 Å². The van der Waals surface area contributed by atoms with Gasteiger partial charge < -0.3 is 0 Å². The number of rotatable bonds is 3. The van der Waals surface area contributed by atoms with E-state index in [4.69, 9.17) is 0 Å². The second-order valence-corrected chi connectivity index (χ2v) is 16.4. The van der Waals surface area contributed by atoms with Crippen molar-refractivity contribution < 1.29 is 0 Å². The molecule has 0 bridgehead atoms. The van der Waals surface area contributed by atoms with Crippen LogP contribution in [0.15, 0.2) is 194 Å². The average Bonchev–Trinajstić information content (AvgIpc) is 3.49. The standard InChI is InChI=1S/C57H38/c1-57(2)53-29-28-38(32-51(53)52-33-49-43-20-7-5-18-41(43)42-19-6-8-21-44(42)50(49)34-54(52)57)37-16-13-17-39(31-37)55-45-22-9-11-24-47(45)56(48-25-12-10-23-46(48)55)40-27-26-35-14-3-4-15-36(35)30-40/h3-34H,1-2H3. The van der Waals surface area contributed by atoms with Gasteiger partial charge in [0.1, 0.15) is 0 Å². The van der Waals surface area contributed by atoms with Gasteiger partial charge in [-0.25, -0.2) is 0 Å². The van der Waals surface area contributed by atoms with E-state index in [2.05, 4.69) is 208 Å². The van der Waals surface area contributed by atoms with Crippen molar-refractivity contribution in [1.29, 1.82) is 0 Å². The van der Waals surface area contributed by atoms with Gasteiger partial charge in [0, 0.05) is 5.41 Å². The van der Waals surface area contributed by atoms with E-state index in [-0.39, 0.29) is 5.41 Å². The van der Waals surface area contributed by atoms with E-state index in [1.165, 1.54) is 120 Å². The van der Waals surface area contributed by atoms with Crippen LogP contribution in [0, 0.1) is 0 Å². The minimum atomic E-state index is -0.114. The van der Waals surface area contributed by atoms with Gasteiger partial charge in [-0.1, -0.05) is 178 Å². The van der Waals surface area contributed by atoms with Gasteiger partial charge in [0.15, 0.2) is 0 Å². The van der Waals surface area contributed by atoms with Crippen LogP contribution in [0.5, 0.6) is 0 Å². The van der Waals surface area contributed by atoms with Crippen LogP contribution < -0.4 is 0 Å². The third-order valence-corrected chi connectivity index (χ3v) is 13.0. The van der Waals surface area contributed by atoms with Crippen LogP contribution in [0.4, 0.5) is 0 Å². The zero-order valence-electron chi connectivity index (χ0n) is 32.0. The van der Waals surface area contributed by atoms with E-state index in [0.29, 0.717) is 0 Å². The monoisotopic (exact) mass is 722 g/mol. The normalized spacial score (nSPS) is 13.2. The molecule has 0 atom stereocenters. The van der Waals surface area contributed by atoms with Crippen molar-refractivity contribution in [3.63, 3.8) is 0 Å². The highest BCUT2D eigenvalue weighted by molar-refractivity contribution is 6.26. The molecule has 11 aromatic rings. The maximum atomic E-state index is 2.50. The molecule has 12 rings (SSSR count). The van der Waals surface area contributed by atoms with Gasteiger partial charge in [0.05, 0.1) is 0 Å². The van der Waals surface area contributed by atoms with Gasteiger partial charge in [-0.05, 0) is 151 Å². The van der Waals surface area contributed by atoms with Crippen molar-refractivity contribution in [2.75, 3.05) is 0 Å². The zero-order valence-corrected chi connectivity index (χ0v) is 32.0. The summed E-state index contributed by atoms with van der Waals surface area (Å²) < 4.78 is 0. The van der Waals surface area contributed by atoms with Gasteiger partial charge in [0.25, 0.3) is 0 Å². The van der Waals surface area contributed by atoms with Crippen LogP contribution in [0.25, 0.3) is 109 Å². The molecule has 0 aromatic heterocycles. The molecule has 0 saturated carbocycles. The van der Waals surface area contributed by atoms with Crippen LogP contribution in [0.3, 0.4) is 0 Å². The summed E-state index contributed by atoms with van der Waals surface area (Å²) in [5.74, 6) is 0. The van der Waals surface area contributed by atoms with E-state index < -0.39 is 0 Å². The first kappa shape index (κ1) is 32.2. The molecule has 266 valence electrons. The topological polar surface area (TPSA) is 0 Å². The first-order valence-electron chi connectivity index (χ1n) is 20.1. The molecule has 0 heterocycles. The molecule has 11 aromatic carbocycles. The van der Waals surface area contributed by atoms with Gasteiger partial charge in [0.2, 0.25) is 0 Å². The fourth-order valence-electron chi connectivity index (χ4n) is 10.3. The number of hydrogen-bond donors (Lipinski definition) is 0. The summed E-state index contributed by atoms with van der Waals surface area (Å²) >= 11 is 0. The molecule has 0 radical (unpaired) electrons. The van der Waals surface area contributed by atoms with Crippen molar-refractivity contribution >= 4 is 64.6 Å². The molecule has 0 fully saturated rings. The molecule has 1 aliphatic carbocycles. The van der Waals surface area contributed by atoms with Crippen LogP contribution in [-0.4, -0.2) is 0 Å².